The Bertz CT molecular complexity index is 512. The molecule has 0 aromatic rings. The van der Waals surface area contributed by atoms with Crippen LogP contribution in [0.25, 0.3) is 0 Å². The summed E-state index contributed by atoms with van der Waals surface area (Å²) in [4.78, 5) is 0. The second-order valence-corrected chi connectivity index (χ2v) is 6.76. The van der Waals surface area contributed by atoms with E-state index >= 15 is 0 Å². The van der Waals surface area contributed by atoms with Crippen molar-refractivity contribution in [3.63, 3.8) is 0 Å². The summed E-state index contributed by atoms with van der Waals surface area (Å²) in [7, 11) is 0. The summed E-state index contributed by atoms with van der Waals surface area (Å²) in [6.07, 6.45) is 3.38. The number of rotatable bonds is 4. The van der Waals surface area contributed by atoms with Crippen molar-refractivity contribution in [1.29, 1.82) is 0 Å². The van der Waals surface area contributed by atoms with Crippen LogP contribution < -0.4 is 0 Å². The lowest BCUT2D eigenvalue weighted by molar-refractivity contribution is -0.0566. The zero-order chi connectivity index (χ0) is 17.3. The predicted octanol–water partition coefficient (Wildman–Crippen LogP) is 2.97. The van der Waals surface area contributed by atoms with Gasteiger partial charge in [0.15, 0.2) is 0 Å². The average Bonchev–Trinajstić information content (AvgIpc) is 2.32. The standard InChI is InChI=1S/C17H26F2O3/c1-11(7-9-20)6-8-17(22)12(2)14(16(5,18)19)13(21)10-15(17,3)4/h6-8,13,20-22H,9-10H2,1-5H3/b8-6+,11-7-. The Morgan fingerprint density at radius 3 is 2.41 bits per heavy atom. The molecule has 0 fully saturated rings. The molecule has 1 aliphatic carbocycles. The molecule has 0 saturated heterocycles. The second-order valence-electron chi connectivity index (χ2n) is 6.76. The van der Waals surface area contributed by atoms with E-state index in [9.17, 15) is 19.0 Å². The van der Waals surface area contributed by atoms with E-state index in [1.165, 1.54) is 13.0 Å². The lowest BCUT2D eigenvalue weighted by atomic mass is 9.61. The second kappa shape index (κ2) is 6.22. The van der Waals surface area contributed by atoms with Crippen molar-refractivity contribution in [2.24, 2.45) is 5.41 Å². The van der Waals surface area contributed by atoms with Crippen LogP contribution in [0.15, 0.2) is 34.9 Å². The number of hydrogen-bond acceptors (Lipinski definition) is 3. The van der Waals surface area contributed by atoms with Crippen LogP contribution in [0.5, 0.6) is 0 Å². The maximum absolute atomic E-state index is 13.8. The normalized spacial score (nSPS) is 30.3. The van der Waals surface area contributed by atoms with Crippen molar-refractivity contribution in [1.82, 2.24) is 0 Å². The van der Waals surface area contributed by atoms with Gasteiger partial charge in [-0.15, -0.1) is 0 Å². The van der Waals surface area contributed by atoms with Gasteiger partial charge in [-0.3, -0.25) is 0 Å². The number of halogens is 2. The highest BCUT2D eigenvalue weighted by atomic mass is 19.3. The molecule has 126 valence electrons. The topological polar surface area (TPSA) is 60.7 Å². The molecule has 0 spiro atoms. The van der Waals surface area contributed by atoms with Crippen LogP contribution in [-0.4, -0.2) is 39.6 Å². The minimum Gasteiger partial charge on any atom is -0.392 e. The van der Waals surface area contributed by atoms with E-state index in [0.717, 1.165) is 12.5 Å². The maximum Gasteiger partial charge on any atom is 0.269 e. The van der Waals surface area contributed by atoms with Crippen LogP contribution in [0.2, 0.25) is 0 Å². The third kappa shape index (κ3) is 3.47. The van der Waals surface area contributed by atoms with Gasteiger partial charge >= 0.3 is 0 Å². The summed E-state index contributed by atoms with van der Waals surface area (Å²) in [5.74, 6) is -3.20. The van der Waals surface area contributed by atoms with Crippen LogP contribution in [0.1, 0.15) is 41.0 Å². The van der Waals surface area contributed by atoms with Crippen LogP contribution >= 0.6 is 0 Å². The lowest BCUT2D eigenvalue weighted by Crippen LogP contribution is -2.52. The first-order chi connectivity index (χ1) is 9.87. The van der Waals surface area contributed by atoms with Crippen LogP contribution in [0.3, 0.4) is 0 Å². The molecule has 22 heavy (non-hydrogen) atoms. The molecular weight excluding hydrogens is 290 g/mol. The van der Waals surface area contributed by atoms with E-state index in [0.29, 0.717) is 0 Å². The molecular formula is C17H26F2O3. The molecule has 0 heterocycles. The first-order valence-corrected chi connectivity index (χ1v) is 7.33. The van der Waals surface area contributed by atoms with Crippen LogP contribution in [0.4, 0.5) is 8.78 Å². The minimum atomic E-state index is -3.20. The molecule has 0 saturated carbocycles. The minimum absolute atomic E-state index is 0.0344. The van der Waals surface area contributed by atoms with Crippen LogP contribution in [0, 0.1) is 5.41 Å². The van der Waals surface area contributed by atoms with Gasteiger partial charge in [0, 0.05) is 17.9 Å². The molecule has 2 atom stereocenters. The Morgan fingerprint density at radius 2 is 1.95 bits per heavy atom. The number of alkyl halides is 2. The lowest BCUT2D eigenvalue weighted by Gasteiger charge is -2.49. The highest BCUT2D eigenvalue weighted by Crippen LogP contribution is 2.50. The van der Waals surface area contributed by atoms with Gasteiger partial charge in [0.25, 0.3) is 5.92 Å². The van der Waals surface area contributed by atoms with Gasteiger partial charge in [0.1, 0.15) is 5.60 Å². The van der Waals surface area contributed by atoms with Gasteiger partial charge in [0.2, 0.25) is 0 Å². The van der Waals surface area contributed by atoms with Gasteiger partial charge in [-0.25, -0.2) is 8.78 Å². The summed E-state index contributed by atoms with van der Waals surface area (Å²) < 4.78 is 27.7. The molecule has 3 N–H and O–H groups in total. The van der Waals surface area contributed by atoms with Gasteiger partial charge in [-0.2, -0.15) is 0 Å². The van der Waals surface area contributed by atoms with Crippen LogP contribution in [-0.2, 0) is 0 Å². The van der Waals surface area contributed by atoms with E-state index < -0.39 is 28.6 Å². The molecule has 0 aromatic heterocycles. The SMILES string of the molecule is CC1=C(C(C)(F)F)C(O)CC(C)(C)C1(O)/C=C/C(C)=C\CO. The van der Waals surface area contributed by atoms with Crippen molar-refractivity contribution in [2.45, 2.75) is 58.7 Å². The summed E-state index contributed by atoms with van der Waals surface area (Å²) in [5, 5.41) is 30.0. The number of aliphatic hydroxyl groups excluding tert-OH is 2. The average molecular weight is 316 g/mol. The van der Waals surface area contributed by atoms with E-state index in [2.05, 4.69) is 0 Å². The van der Waals surface area contributed by atoms with Crippen molar-refractivity contribution in [2.75, 3.05) is 6.61 Å². The van der Waals surface area contributed by atoms with E-state index in [-0.39, 0.29) is 18.6 Å². The molecule has 2 unspecified atom stereocenters. The first kappa shape index (κ1) is 19.0. The van der Waals surface area contributed by atoms with Gasteiger partial charge in [-0.05, 0) is 31.9 Å². The number of allylic oxidation sites excluding steroid dienone is 2. The van der Waals surface area contributed by atoms with E-state index in [1.54, 1.807) is 32.9 Å². The third-order valence-corrected chi connectivity index (χ3v) is 4.52. The molecule has 0 radical (unpaired) electrons. The smallest absolute Gasteiger partial charge is 0.269 e. The largest absolute Gasteiger partial charge is 0.392 e. The summed E-state index contributed by atoms with van der Waals surface area (Å²) in [6.45, 7) is 7.25. The predicted molar refractivity (Wildman–Crippen MR) is 82.7 cm³/mol. The first-order valence-electron chi connectivity index (χ1n) is 7.33. The quantitative estimate of drug-likeness (QED) is 0.552. The fourth-order valence-electron chi connectivity index (χ4n) is 3.14. The molecule has 0 aromatic carbocycles. The molecule has 0 bridgehead atoms. The molecule has 0 amide bonds. The van der Waals surface area contributed by atoms with Crippen molar-refractivity contribution >= 4 is 0 Å². The van der Waals surface area contributed by atoms with E-state index in [1.807, 2.05) is 0 Å². The number of aliphatic hydroxyl groups is 3. The Balaban J connectivity index is 3.46. The van der Waals surface area contributed by atoms with Crippen molar-refractivity contribution in [3.05, 3.63) is 34.9 Å². The Kier molecular flexibility index (Phi) is 5.38. The molecule has 1 rings (SSSR count). The van der Waals surface area contributed by atoms with Crippen molar-refractivity contribution < 1.29 is 24.1 Å². The molecule has 1 aliphatic rings. The third-order valence-electron chi connectivity index (χ3n) is 4.52. The zero-order valence-electron chi connectivity index (χ0n) is 13.8. The summed E-state index contributed by atoms with van der Waals surface area (Å²) in [5.41, 5.74) is -2.01. The molecule has 5 heteroatoms. The van der Waals surface area contributed by atoms with Gasteiger partial charge in [0.05, 0.1) is 12.7 Å². The fraction of sp³-hybridized carbons (Fsp3) is 0.647. The zero-order valence-corrected chi connectivity index (χ0v) is 13.8. The van der Waals surface area contributed by atoms with Gasteiger partial charge in [-0.1, -0.05) is 31.6 Å². The van der Waals surface area contributed by atoms with E-state index in [4.69, 9.17) is 5.11 Å². The summed E-state index contributed by atoms with van der Waals surface area (Å²) >= 11 is 0. The Hall–Kier alpha value is -1.04. The Morgan fingerprint density at radius 1 is 1.41 bits per heavy atom. The highest BCUT2D eigenvalue weighted by molar-refractivity contribution is 5.41. The van der Waals surface area contributed by atoms with Crippen molar-refractivity contribution in [3.8, 4) is 0 Å². The fourth-order valence-corrected chi connectivity index (χ4v) is 3.14. The molecule has 0 aliphatic heterocycles. The maximum atomic E-state index is 13.8. The highest BCUT2D eigenvalue weighted by Gasteiger charge is 2.53. The number of hydrogen-bond donors (Lipinski definition) is 3. The monoisotopic (exact) mass is 316 g/mol. The van der Waals surface area contributed by atoms with Gasteiger partial charge < -0.3 is 15.3 Å². The summed E-state index contributed by atoms with van der Waals surface area (Å²) in [6, 6.07) is 0. The molecule has 3 nitrogen and oxygen atoms in total. The Labute approximate surface area is 130 Å².